The van der Waals surface area contributed by atoms with Gasteiger partial charge in [-0.2, -0.15) is 4.31 Å². The molecule has 3 aromatic rings. The van der Waals surface area contributed by atoms with Crippen LogP contribution in [0.5, 0.6) is 0 Å². The van der Waals surface area contributed by atoms with Crippen LogP contribution in [0.1, 0.15) is 23.8 Å². The van der Waals surface area contributed by atoms with Gasteiger partial charge in [-0.3, -0.25) is 4.57 Å². The van der Waals surface area contributed by atoms with Crippen molar-refractivity contribution in [2.45, 2.75) is 23.8 Å². The molecule has 0 aliphatic carbocycles. The first kappa shape index (κ1) is 15.6. The van der Waals surface area contributed by atoms with Gasteiger partial charge in [0.2, 0.25) is 10.0 Å². The van der Waals surface area contributed by atoms with E-state index in [-0.39, 0.29) is 16.5 Å². The molecule has 1 aliphatic rings. The number of fused-ring (bicyclic) bond motifs is 1. The maximum atomic E-state index is 13.1. The molecule has 1 aromatic carbocycles. The van der Waals surface area contributed by atoms with Gasteiger partial charge in [0.05, 0.1) is 16.5 Å². The highest BCUT2D eigenvalue weighted by Gasteiger charge is 2.36. The minimum absolute atomic E-state index is 0.117. The van der Waals surface area contributed by atoms with Crippen LogP contribution >= 0.6 is 11.3 Å². The molecule has 0 N–H and O–H groups in total. The van der Waals surface area contributed by atoms with Gasteiger partial charge in [-0.15, -0.1) is 11.3 Å². The first-order valence-corrected chi connectivity index (χ1v) is 9.95. The normalized spacial score (nSPS) is 19.3. The smallest absolute Gasteiger partial charge is 0.408 e. The van der Waals surface area contributed by atoms with Crippen LogP contribution in [0.25, 0.3) is 11.1 Å². The van der Waals surface area contributed by atoms with Crippen LogP contribution in [0.3, 0.4) is 0 Å². The zero-order chi connectivity index (χ0) is 16.9. The summed E-state index contributed by atoms with van der Waals surface area (Å²) in [4.78, 5) is 12.8. The van der Waals surface area contributed by atoms with Gasteiger partial charge in [-0.1, -0.05) is 6.07 Å². The quantitative estimate of drug-likeness (QED) is 0.716. The summed E-state index contributed by atoms with van der Waals surface area (Å²) in [7, 11) is -2.05. The molecule has 4 rings (SSSR count). The number of oxazole rings is 1. The van der Waals surface area contributed by atoms with E-state index < -0.39 is 15.8 Å². The van der Waals surface area contributed by atoms with Crippen LogP contribution in [-0.2, 0) is 17.1 Å². The number of thiophene rings is 1. The number of hydrogen-bond donors (Lipinski definition) is 0. The molecule has 24 heavy (non-hydrogen) atoms. The van der Waals surface area contributed by atoms with Crippen molar-refractivity contribution < 1.29 is 12.8 Å². The molecule has 126 valence electrons. The average Bonchev–Trinajstić information content (AvgIpc) is 3.28. The monoisotopic (exact) mass is 364 g/mol. The van der Waals surface area contributed by atoms with Gasteiger partial charge in [0.25, 0.3) is 0 Å². The van der Waals surface area contributed by atoms with Gasteiger partial charge < -0.3 is 4.42 Å². The van der Waals surface area contributed by atoms with Crippen LogP contribution in [0.15, 0.2) is 49.8 Å². The van der Waals surface area contributed by atoms with Crippen LogP contribution in [0, 0.1) is 0 Å². The molecule has 1 saturated heterocycles. The van der Waals surface area contributed by atoms with Crippen molar-refractivity contribution in [1.29, 1.82) is 0 Å². The number of aryl methyl sites for hydroxylation is 1. The first-order chi connectivity index (χ1) is 11.5. The minimum Gasteiger partial charge on any atom is -0.408 e. The minimum atomic E-state index is -3.64. The Labute approximate surface area is 143 Å². The predicted octanol–water partition coefficient (Wildman–Crippen LogP) is 2.72. The van der Waals surface area contributed by atoms with E-state index in [9.17, 15) is 13.2 Å². The molecule has 0 bridgehead atoms. The van der Waals surface area contributed by atoms with E-state index in [1.807, 2.05) is 17.5 Å². The summed E-state index contributed by atoms with van der Waals surface area (Å²) in [5.41, 5.74) is 0.866. The molecular formula is C16H16N2O4S2. The summed E-state index contributed by atoms with van der Waals surface area (Å²) in [6.07, 6.45) is 1.66. The summed E-state index contributed by atoms with van der Waals surface area (Å²) in [5, 5.41) is 1.96. The second-order valence-electron chi connectivity index (χ2n) is 5.85. The number of hydrogen-bond acceptors (Lipinski definition) is 5. The average molecular weight is 364 g/mol. The third-order valence-electron chi connectivity index (χ3n) is 4.45. The Balaban J connectivity index is 1.78. The Morgan fingerprint density at radius 2 is 2.12 bits per heavy atom. The number of nitrogens with zero attached hydrogens (tertiary/aromatic N) is 2. The molecule has 1 aliphatic heterocycles. The summed E-state index contributed by atoms with van der Waals surface area (Å²) >= 11 is 1.57. The highest BCUT2D eigenvalue weighted by Crippen LogP contribution is 2.38. The molecule has 2 aromatic heterocycles. The van der Waals surface area contributed by atoms with Crippen LogP contribution in [0.2, 0.25) is 0 Å². The van der Waals surface area contributed by atoms with Gasteiger partial charge in [0.1, 0.15) is 0 Å². The van der Waals surface area contributed by atoms with E-state index in [1.54, 1.807) is 28.8 Å². The topological polar surface area (TPSA) is 72.5 Å². The molecule has 0 saturated carbocycles. The number of benzene rings is 1. The van der Waals surface area contributed by atoms with Gasteiger partial charge in [-0.25, -0.2) is 13.2 Å². The van der Waals surface area contributed by atoms with Crippen molar-refractivity contribution in [3.8, 4) is 0 Å². The van der Waals surface area contributed by atoms with E-state index in [4.69, 9.17) is 4.42 Å². The van der Waals surface area contributed by atoms with Crippen LogP contribution < -0.4 is 5.76 Å². The number of rotatable bonds is 3. The fourth-order valence-electron chi connectivity index (χ4n) is 3.20. The molecule has 1 unspecified atom stereocenters. The van der Waals surface area contributed by atoms with Gasteiger partial charge in [0.15, 0.2) is 5.58 Å². The lowest BCUT2D eigenvalue weighted by Crippen LogP contribution is -2.30. The Morgan fingerprint density at radius 3 is 2.88 bits per heavy atom. The molecule has 1 fully saturated rings. The molecule has 0 spiro atoms. The zero-order valence-electron chi connectivity index (χ0n) is 13.0. The van der Waals surface area contributed by atoms with Crippen molar-refractivity contribution in [3.05, 3.63) is 51.1 Å². The zero-order valence-corrected chi connectivity index (χ0v) is 14.6. The lowest BCUT2D eigenvalue weighted by atomic mass is 10.2. The maximum absolute atomic E-state index is 13.1. The molecule has 3 heterocycles. The fraction of sp³-hybridized carbons (Fsp3) is 0.312. The largest absolute Gasteiger partial charge is 0.419 e. The fourth-order valence-corrected chi connectivity index (χ4v) is 5.83. The lowest BCUT2D eigenvalue weighted by Gasteiger charge is -2.23. The molecule has 6 nitrogen and oxygen atoms in total. The summed E-state index contributed by atoms with van der Waals surface area (Å²) in [6, 6.07) is 8.39. The summed E-state index contributed by atoms with van der Waals surface area (Å²) < 4.78 is 34.2. The highest BCUT2D eigenvalue weighted by molar-refractivity contribution is 7.89. The number of sulfonamides is 1. The standard InChI is InChI=1S/C16H16N2O4S2/c1-17-12-7-6-11(10-14(12)22-16(17)19)24(20,21)18-8-2-4-13(18)15-5-3-9-23-15/h3,5-7,9-10,13H,2,4,8H2,1H3. The van der Waals surface area contributed by atoms with Crippen LogP contribution in [0.4, 0.5) is 0 Å². The van der Waals surface area contributed by atoms with E-state index >= 15 is 0 Å². The van der Waals surface area contributed by atoms with Crippen molar-refractivity contribution >= 4 is 32.5 Å². The van der Waals surface area contributed by atoms with E-state index in [0.717, 1.165) is 17.7 Å². The molecule has 0 amide bonds. The Bertz CT molecular complexity index is 1050. The first-order valence-electron chi connectivity index (χ1n) is 7.63. The van der Waals surface area contributed by atoms with Gasteiger partial charge >= 0.3 is 5.76 Å². The highest BCUT2D eigenvalue weighted by atomic mass is 32.2. The van der Waals surface area contributed by atoms with Crippen LogP contribution in [-0.4, -0.2) is 23.8 Å². The second-order valence-corrected chi connectivity index (χ2v) is 8.72. The molecule has 0 radical (unpaired) electrons. The Hall–Kier alpha value is -1.90. The van der Waals surface area contributed by atoms with Gasteiger partial charge in [-0.05, 0) is 36.4 Å². The Kier molecular flexibility index (Phi) is 3.63. The maximum Gasteiger partial charge on any atom is 0.419 e. The third-order valence-corrected chi connectivity index (χ3v) is 7.32. The Morgan fingerprint density at radius 1 is 1.29 bits per heavy atom. The summed E-state index contributed by atoms with van der Waals surface area (Å²) in [6.45, 7) is 0.502. The summed E-state index contributed by atoms with van der Waals surface area (Å²) in [5.74, 6) is -0.503. The number of aromatic nitrogens is 1. The predicted molar refractivity (Wildman–Crippen MR) is 91.6 cm³/mol. The third kappa shape index (κ3) is 2.33. The SMILES string of the molecule is Cn1c(=O)oc2cc(S(=O)(=O)N3CCCC3c3cccs3)ccc21. The van der Waals surface area contributed by atoms with Crippen molar-refractivity contribution in [2.24, 2.45) is 7.05 Å². The molecule has 8 heteroatoms. The van der Waals surface area contributed by atoms with E-state index in [1.165, 1.54) is 16.7 Å². The van der Waals surface area contributed by atoms with Crippen molar-refractivity contribution in [2.75, 3.05) is 6.54 Å². The van der Waals surface area contributed by atoms with Gasteiger partial charge in [0, 0.05) is 24.5 Å². The van der Waals surface area contributed by atoms with Crippen molar-refractivity contribution in [1.82, 2.24) is 8.87 Å². The van der Waals surface area contributed by atoms with Crippen molar-refractivity contribution in [3.63, 3.8) is 0 Å². The lowest BCUT2D eigenvalue weighted by molar-refractivity contribution is 0.401. The second kappa shape index (κ2) is 5.58. The van der Waals surface area contributed by atoms with E-state index in [0.29, 0.717) is 12.1 Å². The molecule has 1 atom stereocenters. The van der Waals surface area contributed by atoms with E-state index in [2.05, 4.69) is 0 Å². The molecular weight excluding hydrogens is 348 g/mol.